The van der Waals surface area contributed by atoms with E-state index in [0.29, 0.717) is 13.1 Å². The normalized spacial score (nSPS) is 15.1. The lowest BCUT2D eigenvalue weighted by molar-refractivity contribution is 0.0792. The van der Waals surface area contributed by atoms with Gasteiger partial charge in [-0.1, -0.05) is 0 Å². The maximum Gasteiger partial charge on any atom is 0.254 e. The highest BCUT2D eigenvalue weighted by molar-refractivity contribution is 5.94. The number of nitrogen functional groups attached to an aromatic ring is 1. The van der Waals surface area contributed by atoms with Gasteiger partial charge in [0.2, 0.25) is 0 Å². The van der Waals surface area contributed by atoms with E-state index in [2.05, 4.69) is 0 Å². The molecule has 6 heteroatoms. The molecule has 0 aromatic heterocycles. The molecule has 4 nitrogen and oxygen atoms in total. The Balaban J connectivity index is 2.30. The molecule has 1 heterocycles. The molecule has 0 aliphatic carbocycles. The fourth-order valence-electron chi connectivity index (χ4n) is 1.94. The van der Waals surface area contributed by atoms with Gasteiger partial charge in [0.05, 0.1) is 0 Å². The van der Waals surface area contributed by atoms with Crippen LogP contribution in [0.4, 0.5) is 14.5 Å². The second-order valence-electron chi connectivity index (χ2n) is 3.96. The van der Waals surface area contributed by atoms with Crippen molar-refractivity contribution in [2.75, 3.05) is 18.5 Å². The van der Waals surface area contributed by atoms with E-state index in [1.54, 1.807) is 4.90 Å². The van der Waals surface area contributed by atoms with Crippen LogP contribution in [0.5, 0.6) is 0 Å². The third kappa shape index (κ3) is 2.21. The quantitative estimate of drug-likeness (QED) is 0.609. The van der Waals surface area contributed by atoms with E-state index in [4.69, 9.17) is 5.84 Å². The Morgan fingerprint density at radius 2 is 1.76 bits per heavy atom. The number of anilines is 1. The van der Waals surface area contributed by atoms with Gasteiger partial charge in [0.15, 0.2) is 11.6 Å². The number of nitrogens with one attached hydrogen (secondary N) is 1. The number of carbonyl (C=O) groups excluding carboxylic acids is 1. The van der Waals surface area contributed by atoms with Crippen LogP contribution < -0.4 is 11.3 Å². The van der Waals surface area contributed by atoms with Crippen molar-refractivity contribution in [3.05, 3.63) is 29.3 Å². The summed E-state index contributed by atoms with van der Waals surface area (Å²) in [5.74, 6) is 2.90. The van der Waals surface area contributed by atoms with Crippen LogP contribution in [0, 0.1) is 11.6 Å². The summed E-state index contributed by atoms with van der Waals surface area (Å²) in [6.07, 6.45) is 1.86. The Morgan fingerprint density at radius 3 is 2.24 bits per heavy atom. The van der Waals surface area contributed by atoms with Crippen molar-refractivity contribution in [1.29, 1.82) is 0 Å². The second kappa shape index (κ2) is 4.67. The fourth-order valence-corrected chi connectivity index (χ4v) is 1.94. The van der Waals surface area contributed by atoms with Crippen LogP contribution in [0.3, 0.4) is 0 Å². The molecule has 1 aromatic carbocycles. The Labute approximate surface area is 97.4 Å². The zero-order valence-corrected chi connectivity index (χ0v) is 9.17. The van der Waals surface area contributed by atoms with Gasteiger partial charge in [-0.15, -0.1) is 0 Å². The van der Waals surface area contributed by atoms with Crippen molar-refractivity contribution in [3.8, 4) is 0 Å². The smallest absolute Gasteiger partial charge is 0.254 e. The maximum absolute atomic E-state index is 13.4. The number of hydrogen-bond acceptors (Lipinski definition) is 3. The van der Waals surface area contributed by atoms with E-state index in [1.807, 2.05) is 5.43 Å². The van der Waals surface area contributed by atoms with Gasteiger partial charge in [0, 0.05) is 18.7 Å². The Kier molecular flexibility index (Phi) is 3.23. The van der Waals surface area contributed by atoms with Crippen LogP contribution in [0.2, 0.25) is 0 Å². The number of hydrazine groups is 1. The number of nitrogens with two attached hydrogens (primary N) is 1. The predicted octanol–water partition coefficient (Wildman–Crippen LogP) is 1.49. The van der Waals surface area contributed by atoms with E-state index in [0.717, 1.165) is 25.0 Å². The molecule has 0 spiro atoms. The monoisotopic (exact) mass is 241 g/mol. The van der Waals surface area contributed by atoms with Crippen molar-refractivity contribution >= 4 is 11.6 Å². The molecule has 1 aliphatic rings. The highest BCUT2D eigenvalue weighted by Crippen LogP contribution is 2.21. The standard InChI is InChI=1S/C11H13F2N3O/c12-8-5-7(6-9(13)10(8)15-14)11(17)16-3-1-2-4-16/h5-6,15H,1-4,14H2. The first-order valence-electron chi connectivity index (χ1n) is 5.38. The van der Waals surface area contributed by atoms with Crippen LogP contribution in [0.15, 0.2) is 12.1 Å². The minimum Gasteiger partial charge on any atom is -0.339 e. The summed E-state index contributed by atoms with van der Waals surface area (Å²) in [6.45, 7) is 1.28. The van der Waals surface area contributed by atoms with E-state index >= 15 is 0 Å². The van der Waals surface area contributed by atoms with Crippen molar-refractivity contribution in [2.45, 2.75) is 12.8 Å². The zero-order chi connectivity index (χ0) is 12.4. The first kappa shape index (κ1) is 11.8. The molecule has 0 unspecified atom stereocenters. The van der Waals surface area contributed by atoms with E-state index < -0.39 is 17.3 Å². The van der Waals surface area contributed by atoms with Gasteiger partial charge in [0.25, 0.3) is 5.91 Å². The SMILES string of the molecule is NNc1c(F)cc(C(=O)N2CCCC2)cc1F. The molecule has 17 heavy (non-hydrogen) atoms. The van der Waals surface area contributed by atoms with Crippen molar-refractivity contribution < 1.29 is 13.6 Å². The highest BCUT2D eigenvalue weighted by atomic mass is 19.1. The number of carbonyl (C=O) groups is 1. The van der Waals surface area contributed by atoms with Crippen LogP contribution in [-0.2, 0) is 0 Å². The minimum absolute atomic E-state index is 0.0147. The Morgan fingerprint density at radius 1 is 1.24 bits per heavy atom. The highest BCUT2D eigenvalue weighted by Gasteiger charge is 2.22. The molecule has 0 saturated carbocycles. The molecule has 1 saturated heterocycles. The molecule has 2 rings (SSSR count). The number of halogens is 2. The molecule has 1 fully saturated rings. The molecular weight excluding hydrogens is 228 g/mol. The molecule has 0 radical (unpaired) electrons. The van der Waals surface area contributed by atoms with Gasteiger partial charge in [-0.2, -0.15) is 0 Å². The summed E-state index contributed by atoms with van der Waals surface area (Å²) in [4.78, 5) is 13.5. The molecule has 92 valence electrons. The lowest BCUT2D eigenvalue weighted by Gasteiger charge is -2.15. The molecule has 1 amide bonds. The number of nitrogens with zero attached hydrogens (tertiary/aromatic N) is 1. The summed E-state index contributed by atoms with van der Waals surface area (Å²) >= 11 is 0. The molecule has 0 atom stereocenters. The maximum atomic E-state index is 13.4. The van der Waals surface area contributed by atoms with Gasteiger partial charge in [-0.3, -0.25) is 10.6 Å². The van der Waals surface area contributed by atoms with Gasteiger partial charge in [0.1, 0.15) is 5.69 Å². The minimum atomic E-state index is -0.866. The van der Waals surface area contributed by atoms with Crippen molar-refractivity contribution in [1.82, 2.24) is 4.90 Å². The number of hydrogen-bond donors (Lipinski definition) is 2. The van der Waals surface area contributed by atoms with Crippen LogP contribution >= 0.6 is 0 Å². The van der Waals surface area contributed by atoms with Gasteiger partial charge in [-0.25, -0.2) is 8.78 Å². The molecule has 0 bridgehead atoms. The summed E-state index contributed by atoms with van der Waals surface area (Å²) < 4.78 is 26.8. The third-order valence-electron chi connectivity index (χ3n) is 2.83. The summed E-state index contributed by atoms with van der Waals surface area (Å²) in [6, 6.07) is 2.00. The largest absolute Gasteiger partial charge is 0.339 e. The summed E-state index contributed by atoms with van der Waals surface area (Å²) in [5, 5.41) is 0. The average molecular weight is 241 g/mol. The number of likely N-dealkylation sites (tertiary alicyclic amines) is 1. The first-order chi connectivity index (χ1) is 8.13. The van der Waals surface area contributed by atoms with Gasteiger partial charge in [-0.05, 0) is 25.0 Å². The van der Waals surface area contributed by atoms with E-state index in [1.165, 1.54) is 0 Å². The summed E-state index contributed by atoms with van der Waals surface area (Å²) in [7, 11) is 0. The average Bonchev–Trinajstić information content (AvgIpc) is 2.81. The Hall–Kier alpha value is -1.69. The van der Waals surface area contributed by atoms with Crippen molar-refractivity contribution in [2.24, 2.45) is 5.84 Å². The number of rotatable bonds is 2. The van der Waals surface area contributed by atoms with E-state index in [9.17, 15) is 13.6 Å². The van der Waals surface area contributed by atoms with Crippen LogP contribution in [0.1, 0.15) is 23.2 Å². The summed E-state index contributed by atoms with van der Waals surface area (Å²) in [5.41, 5.74) is 1.51. The Bertz CT molecular complexity index is 421. The second-order valence-corrected chi connectivity index (χ2v) is 3.96. The third-order valence-corrected chi connectivity index (χ3v) is 2.83. The van der Waals surface area contributed by atoms with Crippen molar-refractivity contribution in [3.63, 3.8) is 0 Å². The van der Waals surface area contributed by atoms with Crippen LogP contribution in [-0.4, -0.2) is 23.9 Å². The molecule has 1 aromatic rings. The number of amides is 1. The molecule has 3 N–H and O–H groups in total. The first-order valence-corrected chi connectivity index (χ1v) is 5.38. The lowest BCUT2D eigenvalue weighted by Crippen LogP contribution is -2.28. The molecular formula is C11H13F2N3O. The lowest BCUT2D eigenvalue weighted by atomic mass is 10.1. The van der Waals surface area contributed by atoms with E-state index in [-0.39, 0.29) is 11.5 Å². The van der Waals surface area contributed by atoms with Gasteiger partial charge >= 0.3 is 0 Å². The predicted molar refractivity (Wildman–Crippen MR) is 59.3 cm³/mol. The zero-order valence-electron chi connectivity index (χ0n) is 9.17. The fraction of sp³-hybridized carbons (Fsp3) is 0.364. The van der Waals surface area contributed by atoms with Crippen LogP contribution in [0.25, 0.3) is 0 Å². The molecule has 1 aliphatic heterocycles. The topological polar surface area (TPSA) is 58.4 Å². The number of benzene rings is 1. The van der Waals surface area contributed by atoms with Gasteiger partial charge < -0.3 is 10.3 Å².